The summed E-state index contributed by atoms with van der Waals surface area (Å²) >= 11 is 3.46. The quantitative estimate of drug-likeness (QED) is 0.328. The molecule has 0 spiro atoms. The smallest absolute Gasteiger partial charge is 0.264 e. The summed E-state index contributed by atoms with van der Waals surface area (Å²) in [6, 6.07) is 20.1. The van der Waals surface area contributed by atoms with Crippen molar-refractivity contribution < 1.29 is 18.0 Å². The molecule has 0 aliphatic rings. The molecule has 2 amide bonds. The van der Waals surface area contributed by atoms with Gasteiger partial charge < -0.3 is 10.2 Å². The summed E-state index contributed by atoms with van der Waals surface area (Å²) in [4.78, 5) is 28.4. The summed E-state index contributed by atoms with van der Waals surface area (Å²) in [7, 11) is -4.08. The molecule has 0 aliphatic heterocycles. The van der Waals surface area contributed by atoms with E-state index >= 15 is 0 Å². The Morgan fingerprint density at radius 2 is 1.66 bits per heavy atom. The largest absolute Gasteiger partial charge is 0.354 e. The number of sulfonamides is 1. The van der Waals surface area contributed by atoms with Crippen molar-refractivity contribution in [1.82, 2.24) is 10.2 Å². The predicted octanol–water partition coefficient (Wildman–Crippen LogP) is 5.20. The number of halogens is 1. The maximum absolute atomic E-state index is 13.9. The average Bonchev–Trinajstić information content (AvgIpc) is 2.90. The molecule has 0 saturated carbocycles. The summed E-state index contributed by atoms with van der Waals surface area (Å²) < 4.78 is 29.7. The van der Waals surface area contributed by atoms with Gasteiger partial charge in [0, 0.05) is 17.6 Å². The van der Waals surface area contributed by atoms with Gasteiger partial charge in [-0.1, -0.05) is 65.3 Å². The zero-order valence-electron chi connectivity index (χ0n) is 22.1. The van der Waals surface area contributed by atoms with Gasteiger partial charge >= 0.3 is 0 Å². The molecular weight excluding hydrogens is 566 g/mol. The summed E-state index contributed by atoms with van der Waals surface area (Å²) in [5.41, 5.74) is 2.90. The van der Waals surface area contributed by atoms with E-state index < -0.39 is 28.5 Å². The van der Waals surface area contributed by atoms with Gasteiger partial charge in [0.1, 0.15) is 12.6 Å². The number of anilines is 1. The second-order valence-corrected chi connectivity index (χ2v) is 11.9. The van der Waals surface area contributed by atoms with E-state index in [1.54, 1.807) is 37.3 Å². The molecule has 38 heavy (non-hydrogen) atoms. The number of carbonyl (C=O) groups excluding carboxylic acids is 2. The number of amides is 2. The van der Waals surface area contributed by atoms with Crippen LogP contribution in [-0.2, 0) is 26.2 Å². The number of nitrogens with one attached hydrogen (secondary N) is 1. The topological polar surface area (TPSA) is 86.8 Å². The van der Waals surface area contributed by atoms with Crippen LogP contribution in [0.25, 0.3) is 0 Å². The Hall–Kier alpha value is -3.17. The van der Waals surface area contributed by atoms with Crippen LogP contribution >= 0.6 is 15.9 Å². The molecule has 3 aromatic carbocycles. The van der Waals surface area contributed by atoms with Crippen molar-refractivity contribution in [1.29, 1.82) is 0 Å². The number of hydrogen-bond acceptors (Lipinski definition) is 4. The highest BCUT2D eigenvalue weighted by Crippen LogP contribution is 2.29. The lowest BCUT2D eigenvalue weighted by atomic mass is 10.1. The van der Waals surface area contributed by atoms with Crippen LogP contribution < -0.4 is 9.62 Å². The first-order valence-electron chi connectivity index (χ1n) is 12.5. The molecule has 1 unspecified atom stereocenters. The minimum Gasteiger partial charge on any atom is -0.354 e. The van der Waals surface area contributed by atoms with Gasteiger partial charge in [0.15, 0.2) is 0 Å². The molecule has 0 aliphatic carbocycles. The standard InChI is InChI=1S/C29H34BrN3O4S/c1-5-17-31-29(35)23(4)32(19-24-12-10-13-25(30)18-24)28(34)20-33(27-16-9-11-21(2)22(27)3)38(36,37)26-14-7-6-8-15-26/h6-16,18,23H,5,17,19-20H2,1-4H3,(H,31,35). The molecule has 0 saturated heterocycles. The van der Waals surface area contributed by atoms with E-state index in [9.17, 15) is 18.0 Å². The van der Waals surface area contributed by atoms with Crippen molar-refractivity contribution in [3.05, 3.63) is 94.0 Å². The van der Waals surface area contributed by atoms with Crippen molar-refractivity contribution in [3.8, 4) is 0 Å². The number of hydrogen-bond donors (Lipinski definition) is 1. The Morgan fingerprint density at radius 1 is 0.974 bits per heavy atom. The summed E-state index contributed by atoms with van der Waals surface area (Å²) in [5.74, 6) is -0.774. The lowest BCUT2D eigenvalue weighted by molar-refractivity contribution is -0.139. The predicted molar refractivity (Wildman–Crippen MR) is 154 cm³/mol. The number of carbonyl (C=O) groups is 2. The fourth-order valence-electron chi connectivity index (χ4n) is 4.05. The first kappa shape index (κ1) is 29.4. The SMILES string of the molecule is CCCNC(=O)C(C)N(Cc1cccc(Br)c1)C(=O)CN(c1cccc(C)c1C)S(=O)(=O)c1ccccc1. The van der Waals surface area contributed by atoms with Crippen LogP contribution in [0.2, 0.25) is 0 Å². The van der Waals surface area contributed by atoms with E-state index in [2.05, 4.69) is 21.2 Å². The Bertz CT molecular complexity index is 1380. The van der Waals surface area contributed by atoms with Crippen LogP contribution in [0.1, 0.15) is 37.0 Å². The van der Waals surface area contributed by atoms with Crippen LogP contribution in [-0.4, -0.2) is 44.3 Å². The van der Waals surface area contributed by atoms with Crippen LogP contribution in [0.15, 0.2) is 82.2 Å². The van der Waals surface area contributed by atoms with Crippen molar-refractivity contribution in [3.63, 3.8) is 0 Å². The van der Waals surface area contributed by atoms with E-state index in [-0.39, 0.29) is 17.3 Å². The highest BCUT2D eigenvalue weighted by Gasteiger charge is 2.33. The van der Waals surface area contributed by atoms with Gasteiger partial charge in [0.2, 0.25) is 11.8 Å². The minimum atomic E-state index is -4.08. The van der Waals surface area contributed by atoms with E-state index in [0.717, 1.165) is 31.9 Å². The molecule has 0 bridgehead atoms. The second-order valence-electron chi connectivity index (χ2n) is 9.16. The van der Waals surface area contributed by atoms with E-state index in [4.69, 9.17) is 0 Å². The van der Waals surface area contributed by atoms with Crippen LogP contribution in [0.3, 0.4) is 0 Å². The van der Waals surface area contributed by atoms with Gasteiger partial charge in [-0.15, -0.1) is 0 Å². The molecule has 0 radical (unpaired) electrons. The maximum atomic E-state index is 13.9. The Morgan fingerprint density at radius 3 is 2.32 bits per heavy atom. The van der Waals surface area contributed by atoms with Crippen molar-refractivity contribution in [2.24, 2.45) is 0 Å². The van der Waals surface area contributed by atoms with Crippen LogP contribution in [0, 0.1) is 13.8 Å². The molecule has 0 fully saturated rings. The first-order valence-corrected chi connectivity index (χ1v) is 14.7. The molecule has 3 rings (SSSR count). The first-order chi connectivity index (χ1) is 18.1. The molecule has 7 nitrogen and oxygen atoms in total. The monoisotopic (exact) mass is 599 g/mol. The van der Waals surface area contributed by atoms with E-state index in [1.165, 1.54) is 17.0 Å². The Kier molecular flexibility index (Phi) is 10.1. The van der Waals surface area contributed by atoms with E-state index in [1.807, 2.05) is 51.1 Å². The molecular formula is C29H34BrN3O4S. The Balaban J connectivity index is 2.05. The highest BCUT2D eigenvalue weighted by atomic mass is 79.9. The third kappa shape index (κ3) is 7.02. The number of aryl methyl sites for hydroxylation is 1. The number of benzene rings is 3. The third-order valence-corrected chi connectivity index (χ3v) is 8.68. The zero-order chi connectivity index (χ0) is 27.9. The summed E-state index contributed by atoms with van der Waals surface area (Å²) in [6.07, 6.45) is 0.758. The molecule has 1 N–H and O–H groups in total. The molecule has 9 heteroatoms. The maximum Gasteiger partial charge on any atom is 0.264 e. The van der Waals surface area contributed by atoms with Crippen molar-refractivity contribution in [2.75, 3.05) is 17.4 Å². The molecule has 1 atom stereocenters. The van der Waals surface area contributed by atoms with Gasteiger partial charge in [-0.3, -0.25) is 13.9 Å². The molecule has 202 valence electrons. The lowest BCUT2D eigenvalue weighted by Gasteiger charge is -2.32. The van der Waals surface area contributed by atoms with Gasteiger partial charge in [0.25, 0.3) is 10.0 Å². The molecule has 0 heterocycles. The average molecular weight is 601 g/mol. The van der Waals surface area contributed by atoms with Crippen LogP contribution in [0.5, 0.6) is 0 Å². The Labute approximate surface area is 234 Å². The van der Waals surface area contributed by atoms with Gasteiger partial charge in [-0.25, -0.2) is 8.42 Å². The minimum absolute atomic E-state index is 0.0842. The zero-order valence-corrected chi connectivity index (χ0v) is 24.6. The van der Waals surface area contributed by atoms with Crippen molar-refractivity contribution in [2.45, 2.75) is 51.6 Å². The normalized spacial score (nSPS) is 12.0. The lowest BCUT2D eigenvalue weighted by Crippen LogP contribution is -2.51. The van der Waals surface area contributed by atoms with Gasteiger partial charge in [0.05, 0.1) is 10.6 Å². The third-order valence-electron chi connectivity index (χ3n) is 6.41. The number of nitrogens with zero attached hydrogens (tertiary/aromatic N) is 2. The molecule has 3 aromatic rings. The summed E-state index contributed by atoms with van der Waals surface area (Å²) in [6.45, 7) is 7.52. The number of rotatable bonds is 11. The fourth-order valence-corrected chi connectivity index (χ4v) is 5.99. The second kappa shape index (κ2) is 13.1. The van der Waals surface area contributed by atoms with Crippen molar-refractivity contribution >= 4 is 43.5 Å². The van der Waals surface area contributed by atoms with Crippen LogP contribution in [0.4, 0.5) is 5.69 Å². The van der Waals surface area contributed by atoms with E-state index in [0.29, 0.717) is 12.2 Å². The van der Waals surface area contributed by atoms with Gasteiger partial charge in [-0.2, -0.15) is 0 Å². The molecule has 0 aromatic heterocycles. The summed E-state index contributed by atoms with van der Waals surface area (Å²) in [5, 5.41) is 2.85. The highest BCUT2D eigenvalue weighted by molar-refractivity contribution is 9.10. The fraction of sp³-hybridized carbons (Fsp3) is 0.310. The van der Waals surface area contributed by atoms with Gasteiger partial charge in [-0.05, 0) is 74.2 Å².